The van der Waals surface area contributed by atoms with Crippen LogP contribution in [0.1, 0.15) is 52.9 Å². The van der Waals surface area contributed by atoms with Crippen LogP contribution in [0.4, 0.5) is 0 Å². The van der Waals surface area contributed by atoms with Crippen LogP contribution in [0, 0.1) is 23.7 Å². The van der Waals surface area contributed by atoms with E-state index in [4.69, 9.17) is 4.84 Å². The molecule has 1 aliphatic carbocycles. The first-order chi connectivity index (χ1) is 8.58. The fraction of sp³-hybridized carbons (Fsp3) is 0.933. The van der Waals surface area contributed by atoms with E-state index in [9.17, 15) is 4.79 Å². The summed E-state index contributed by atoms with van der Waals surface area (Å²) in [6, 6.07) is 0. The minimum absolute atomic E-state index is 0.0298. The molecule has 1 saturated carbocycles. The number of rotatable bonds is 3. The summed E-state index contributed by atoms with van der Waals surface area (Å²) in [4.78, 5) is 17.9. The summed E-state index contributed by atoms with van der Waals surface area (Å²) in [6.45, 7) is 8.56. The first-order valence-corrected chi connectivity index (χ1v) is 7.54. The highest BCUT2D eigenvalue weighted by Crippen LogP contribution is 2.38. The Labute approximate surface area is 111 Å². The average Bonchev–Trinajstić information content (AvgIpc) is 2.81. The first-order valence-electron chi connectivity index (χ1n) is 7.54. The van der Waals surface area contributed by atoms with Crippen molar-refractivity contribution in [2.45, 2.75) is 52.9 Å². The Morgan fingerprint density at radius 2 is 1.89 bits per heavy atom. The van der Waals surface area contributed by atoms with Gasteiger partial charge in [0.2, 0.25) is 0 Å². The van der Waals surface area contributed by atoms with Crippen LogP contribution in [0.3, 0.4) is 0 Å². The van der Waals surface area contributed by atoms with E-state index >= 15 is 0 Å². The summed E-state index contributed by atoms with van der Waals surface area (Å²) in [5.74, 6) is 1.90. The molecule has 3 unspecified atom stereocenters. The summed E-state index contributed by atoms with van der Waals surface area (Å²) in [6.07, 6.45) is 5.76. The highest BCUT2D eigenvalue weighted by molar-refractivity contribution is 5.72. The molecular formula is C15H27NO2. The predicted molar refractivity (Wildman–Crippen MR) is 71.7 cm³/mol. The van der Waals surface area contributed by atoms with Crippen LogP contribution in [-0.4, -0.2) is 24.1 Å². The van der Waals surface area contributed by atoms with Gasteiger partial charge in [-0.15, -0.1) is 5.06 Å². The van der Waals surface area contributed by atoms with E-state index in [-0.39, 0.29) is 11.9 Å². The SMILES string of the molecule is CC1CCC(C(C)C)C(C(=O)ON2CCCC2)C1. The molecule has 0 aromatic carbocycles. The van der Waals surface area contributed by atoms with E-state index in [1.165, 1.54) is 12.8 Å². The van der Waals surface area contributed by atoms with Gasteiger partial charge in [-0.1, -0.05) is 27.2 Å². The molecule has 0 aromatic heterocycles. The lowest BCUT2D eigenvalue weighted by Gasteiger charge is -2.36. The molecule has 0 N–H and O–H groups in total. The summed E-state index contributed by atoms with van der Waals surface area (Å²) in [7, 11) is 0. The van der Waals surface area contributed by atoms with Crippen LogP contribution in [0.2, 0.25) is 0 Å². The van der Waals surface area contributed by atoms with E-state index in [1.807, 2.05) is 5.06 Å². The van der Waals surface area contributed by atoms with E-state index in [1.54, 1.807) is 0 Å². The van der Waals surface area contributed by atoms with Gasteiger partial charge in [-0.05, 0) is 43.4 Å². The molecule has 0 amide bonds. The predicted octanol–water partition coefficient (Wildman–Crippen LogP) is 3.25. The van der Waals surface area contributed by atoms with E-state index in [2.05, 4.69) is 20.8 Å². The van der Waals surface area contributed by atoms with Gasteiger partial charge >= 0.3 is 5.97 Å². The Bertz CT molecular complexity index is 284. The lowest BCUT2D eigenvalue weighted by molar-refractivity contribution is -0.195. The maximum atomic E-state index is 12.4. The Morgan fingerprint density at radius 3 is 2.50 bits per heavy atom. The Kier molecular flexibility index (Phi) is 4.66. The molecule has 3 nitrogen and oxygen atoms in total. The maximum Gasteiger partial charge on any atom is 0.328 e. The van der Waals surface area contributed by atoms with Crippen LogP contribution >= 0.6 is 0 Å². The highest BCUT2D eigenvalue weighted by Gasteiger charge is 2.37. The average molecular weight is 253 g/mol. The summed E-state index contributed by atoms with van der Waals surface area (Å²) < 4.78 is 0. The van der Waals surface area contributed by atoms with Crippen molar-refractivity contribution in [3.05, 3.63) is 0 Å². The molecule has 1 aliphatic heterocycles. The van der Waals surface area contributed by atoms with Crippen LogP contribution in [-0.2, 0) is 9.63 Å². The number of hydrogen-bond donors (Lipinski definition) is 0. The Hall–Kier alpha value is -0.570. The molecule has 2 aliphatic rings. The third-order valence-corrected chi connectivity index (χ3v) is 4.61. The monoisotopic (exact) mass is 253 g/mol. The molecule has 0 bridgehead atoms. The van der Waals surface area contributed by atoms with Gasteiger partial charge < -0.3 is 4.84 Å². The van der Waals surface area contributed by atoms with E-state index in [0.29, 0.717) is 17.8 Å². The molecule has 2 rings (SSSR count). The second-order valence-corrected chi connectivity index (χ2v) is 6.48. The number of hydrogen-bond acceptors (Lipinski definition) is 3. The fourth-order valence-electron chi connectivity index (χ4n) is 3.45. The second-order valence-electron chi connectivity index (χ2n) is 6.48. The van der Waals surface area contributed by atoms with Crippen molar-refractivity contribution in [3.63, 3.8) is 0 Å². The lowest BCUT2D eigenvalue weighted by Crippen LogP contribution is -2.37. The number of hydroxylamine groups is 2. The number of carbonyl (C=O) groups excluding carboxylic acids is 1. The van der Waals surface area contributed by atoms with Crippen LogP contribution < -0.4 is 0 Å². The molecule has 3 heteroatoms. The third-order valence-electron chi connectivity index (χ3n) is 4.61. The van der Waals surface area contributed by atoms with Gasteiger partial charge in [0.05, 0.1) is 5.92 Å². The van der Waals surface area contributed by atoms with Crippen molar-refractivity contribution >= 4 is 5.97 Å². The zero-order chi connectivity index (χ0) is 13.1. The lowest BCUT2D eigenvalue weighted by atomic mass is 9.70. The van der Waals surface area contributed by atoms with Crippen molar-refractivity contribution in [2.75, 3.05) is 13.1 Å². The molecule has 1 heterocycles. The smallest absolute Gasteiger partial charge is 0.328 e. The number of nitrogens with zero attached hydrogens (tertiary/aromatic N) is 1. The molecule has 0 aromatic rings. The molecule has 3 atom stereocenters. The number of carbonyl (C=O) groups is 1. The molecule has 18 heavy (non-hydrogen) atoms. The van der Waals surface area contributed by atoms with Gasteiger partial charge in [-0.3, -0.25) is 4.79 Å². The topological polar surface area (TPSA) is 29.5 Å². The van der Waals surface area contributed by atoms with E-state index < -0.39 is 0 Å². The molecule has 1 saturated heterocycles. The molecule has 0 radical (unpaired) electrons. The van der Waals surface area contributed by atoms with E-state index in [0.717, 1.165) is 32.4 Å². The van der Waals surface area contributed by atoms with Crippen molar-refractivity contribution in [3.8, 4) is 0 Å². The first kappa shape index (κ1) is 13.9. The summed E-state index contributed by atoms with van der Waals surface area (Å²) in [5.41, 5.74) is 0. The normalized spacial score (nSPS) is 33.9. The Morgan fingerprint density at radius 1 is 1.22 bits per heavy atom. The van der Waals surface area contributed by atoms with Gasteiger partial charge in [0, 0.05) is 13.1 Å². The minimum Gasteiger partial charge on any atom is -0.368 e. The second kappa shape index (κ2) is 6.05. The quantitative estimate of drug-likeness (QED) is 0.773. The van der Waals surface area contributed by atoms with Crippen LogP contribution in [0.15, 0.2) is 0 Å². The van der Waals surface area contributed by atoms with Gasteiger partial charge in [-0.2, -0.15) is 0 Å². The minimum atomic E-state index is 0.0298. The molecule has 0 spiro atoms. The van der Waals surface area contributed by atoms with Gasteiger partial charge in [0.25, 0.3) is 0 Å². The van der Waals surface area contributed by atoms with Crippen molar-refractivity contribution < 1.29 is 9.63 Å². The standard InChI is InChI=1S/C15H27NO2/c1-11(2)13-7-6-12(3)10-14(13)15(17)18-16-8-4-5-9-16/h11-14H,4-10H2,1-3H3. The zero-order valence-electron chi connectivity index (χ0n) is 12.0. The van der Waals surface area contributed by atoms with Crippen molar-refractivity contribution in [2.24, 2.45) is 23.7 Å². The molecule has 2 fully saturated rings. The Balaban J connectivity index is 1.95. The highest BCUT2D eigenvalue weighted by atomic mass is 16.7. The largest absolute Gasteiger partial charge is 0.368 e. The van der Waals surface area contributed by atoms with Crippen molar-refractivity contribution in [1.29, 1.82) is 0 Å². The van der Waals surface area contributed by atoms with Gasteiger partial charge in [-0.25, -0.2) is 0 Å². The fourth-order valence-corrected chi connectivity index (χ4v) is 3.45. The van der Waals surface area contributed by atoms with Crippen LogP contribution in [0.5, 0.6) is 0 Å². The van der Waals surface area contributed by atoms with Crippen LogP contribution in [0.25, 0.3) is 0 Å². The molecule has 104 valence electrons. The van der Waals surface area contributed by atoms with Gasteiger partial charge in [0.15, 0.2) is 0 Å². The third kappa shape index (κ3) is 3.25. The maximum absolute atomic E-state index is 12.4. The van der Waals surface area contributed by atoms with Gasteiger partial charge in [0.1, 0.15) is 0 Å². The zero-order valence-corrected chi connectivity index (χ0v) is 12.0. The summed E-state index contributed by atoms with van der Waals surface area (Å²) >= 11 is 0. The molecular weight excluding hydrogens is 226 g/mol. The van der Waals surface area contributed by atoms with Crippen molar-refractivity contribution in [1.82, 2.24) is 5.06 Å². The summed E-state index contributed by atoms with van der Waals surface area (Å²) in [5, 5.41) is 1.86.